The second kappa shape index (κ2) is 4.59. The molecule has 0 radical (unpaired) electrons. The molecule has 2 aromatic rings. The van der Waals surface area contributed by atoms with Crippen LogP contribution in [0.2, 0.25) is 0 Å². The van der Waals surface area contributed by atoms with E-state index in [1.54, 1.807) is 7.11 Å². The van der Waals surface area contributed by atoms with Crippen molar-refractivity contribution in [2.24, 2.45) is 5.73 Å². The highest BCUT2D eigenvalue weighted by Gasteiger charge is 2.11. The summed E-state index contributed by atoms with van der Waals surface area (Å²) >= 11 is 0. The van der Waals surface area contributed by atoms with Gasteiger partial charge in [0.05, 0.1) is 18.5 Å². The minimum atomic E-state index is 0.516. The highest BCUT2D eigenvalue weighted by atomic mass is 16.5. The van der Waals surface area contributed by atoms with E-state index in [0.29, 0.717) is 6.54 Å². The van der Waals surface area contributed by atoms with Gasteiger partial charge in [0.15, 0.2) is 0 Å². The summed E-state index contributed by atoms with van der Waals surface area (Å²) < 4.78 is 7.12. The summed E-state index contributed by atoms with van der Waals surface area (Å²) in [7, 11) is 1.66. The van der Waals surface area contributed by atoms with Gasteiger partial charge < -0.3 is 10.5 Å². The Kier molecular flexibility index (Phi) is 3.15. The number of nitrogens with zero attached hydrogens (tertiary/aromatic N) is 2. The molecule has 17 heavy (non-hydrogen) atoms. The molecule has 1 heterocycles. The molecule has 2 N–H and O–H groups in total. The molecule has 0 amide bonds. The summed E-state index contributed by atoms with van der Waals surface area (Å²) in [6, 6.07) is 7.83. The molecule has 2 rings (SSSR count). The SMILES string of the molecule is COc1cccc(-n2nc(C)c(CN)c2C)c1. The molecule has 0 atom stereocenters. The zero-order valence-corrected chi connectivity index (χ0v) is 10.4. The molecule has 0 unspecified atom stereocenters. The van der Waals surface area contributed by atoms with Gasteiger partial charge in [0, 0.05) is 23.9 Å². The summed E-state index contributed by atoms with van der Waals surface area (Å²) in [6.45, 7) is 4.52. The van der Waals surface area contributed by atoms with Gasteiger partial charge in [-0.1, -0.05) is 6.07 Å². The van der Waals surface area contributed by atoms with Crippen LogP contribution in [0.15, 0.2) is 24.3 Å². The molecule has 0 aliphatic rings. The first-order valence-electron chi connectivity index (χ1n) is 5.57. The molecule has 0 bridgehead atoms. The Morgan fingerprint density at radius 3 is 2.71 bits per heavy atom. The molecular weight excluding hydrogens is 214 g/mol. The molecule has 1 aromatic heterocycles. The number of aromatic nitrogens is 2. The van der Waals surface area contributed by atoms with E-state index >= 15 is 0 Å². The van der Waals surface area contributed by atoms with Crippen molar-refractivity contribution in [1.29, 1.82) is 0 Å². The Morgan fingerprint density at radius 2 is 2.12 bits per heavy atom. The van der Waals surface area contributed by atoms with Crippen molar-refractivity contribution in [2.45, 2.75) is 20.4 Å². The normalized spacial score (nSPS) is 10.6. The first kappa shape index (κ1) is 11.7. The van der Waals surface area contributed by atoms with E-state index in [1.165, 1.54) is 0 Å². The molecule has 0 saturated carbocycles. The lowest BCUT2D eigenvalue weighted by molar-refractivity contribution is 0.414. The number of hydrogen-bond acceptors (Lipinski definition) is 3. The fraction of sp³-hybridized carbons (Fsp3) is 0.308. The molecular formula is C13H17N3O. The molecule has 0 spiro atoms. The lowest BCUT2D eigenvalue weighted by Gasteiger charge is -2.06. The Bertz CT molecular complexity index is 531. The van der Waals surface area contributed by atoms with E-state index in [0.717, 1.165) is 28.4 Å². The molecule has 0 aliphatic carbocycles. The number of methoxy groups -OCH3 is 1. The Labute approximate surface area is 101 Å². The number of rotatable bonds is 3. The lowest BCUT2D eigenvalue weighted by Crippen LogP contribution is -2.02. The van der Waals surface area contributed by atoms with Crippen molar-refractivity contribution in [1.82, 2.24) is 9.78 Å². The number of benzene rings is 1. The highest BCUT2D eigenvalue weighted by molar-refractivity contribution is 5.41. The fourth-order valence-electron chi connectivity index (χ4n) is 1.96. The van der Waals surface area contributed by atoms with Crippen LogP contribution in [0, 0.1) is 13.8 Å². The number of aryl methyl sites for hydroxylation is 1. The third-order valence-corrected chi connectivity index (χ3v) is 2.94. The summed E-state index contributed by atoms with van der Waals surface area (Å²) in [5.41, 5.74) is 9.88. The minimum Gasteiger partial charge on any atom is -0.497 e. The maximum atomic E-state index is 5.72. The van der Waals surface area contributed by atoms with Crippen LogP contribution >= 0.6 is 0 Å². The van der Waals surface area contributed by atoms with Crippen LogP contribution in [0.3, 0.4) is 0 Å². The van der Waals surface area contributed by atoms with Crippen LogP contribution in [0.25, 0.3) is 5.69 Å². The standard InChI is InChI=1S/C13H17N3O/c1-9-13(8-14)10(2)16(15-9)11-5-4-6-12(7-11)17-3/h4-7H,8,14H2,1-3H3. The second-order valence-corrected chi connectivity index (χ2v) is 3.97. The zero-order valence-electron chi connectivity index (χ0n) is 10.4. The van der Waals surface area contributed by atoms with Crippen LogP contribution in [-0.4, -0.2) is 16.9 Å². The quantitative estimate of drug-likeness (QED) is 0.878. The van der Waals surface area contributed by atoms with E-state index in [9.17, 15) is 0 Å². The van der Waals surface area contributed by atoms with E-state index < -0.39 is 0 Å². The molecule has 0 saturated heterocycles. The lowest BCUT2D eigenvalue weighted by atomic mass is 10.2. The van der Waals surface area contributed by atoms with Gasteiger partial charge in [0.25, 0.3) is 0 Å². The fourth-order valence-corrected chi connectivity index (χ4v) is 1.96. The summed E-state index contributed by atoms with van der Waals surface area (Å²) in [6.07, 6.45) is 0. The topological polar surface area (TPSA) is 53.1 Å². The van der Waals surface area contributed by atoms with Gasteiger partial charge >= 0.3 is 0 Å². The van der Waals surface area contributed by atoms with Gasteiger partial charge in [-0.2, -0.15) is 5.10 Å². The average molecular weight is 231 g/mol. The average Bonchev–Trinajstić information content (AvgIpc) is 2.64. The van der Waals surface area contributed by atoms with E-state index in [4.69, 9.17) is 10.5 Å². The molecule has 4 nitrogen and oxygen atoms in total. The summed E-state index contributed by atoms with van der Waals surface area (Å²) in [5.74, 6) is 0.823. The number of ether oxygens (including phenoxy) is 1. The highest BCUT2D eigenvalue weighted by Crippen LogP contribution is 2.20. The molecule has 1 aromatic carbocycles. The largest absolute Gasteiger partial charge is 0.497 e. The van der Waals surface area contributed by atoms with Crippen LogP contribution < -0.4 is 10.5 Å². The van der Waals surface area contributed by atoms with Gasteiger partial charge in [0.1, 0.15) is 5.75 Å². The smallest absolute Gasteiger partial charge is 0.121 e. The van der Waals surface area contributed by atoms with Crippen molar-refractivity contribution in [3.05, 3.63) is 41.2 Å². The van der Waals surface area contributed by atoms with Crippen molar-refractivity contribution < 1.29 is 4.74 Å². The molecule has 90 valence electrons. The first-order valence-corrected chi connectivity index (χ1v) is 5.57. The Morgan fingerprint density at radius 1 is 1.35 bits per heavy atom. The zero-order chi connectivity index (χ0) is 12.4. The predicted octanol–water partition coefficient (Wildman–Crippen LogP) is 1.96. The van der Waals surface area contributed by atoms with E-state index in [-0.39, 0.29) is 0 Å². The van der Waals surface area contributed by atoms with E-state index in [2.05, 4.69) is 5.10 Å². The molecule has 0 fully saturated rings. The van der Waals surface area contributed by atoms with Crippen molar-refractivity contribution in [3.63, 3.8) is 0 Å². The summed E-state index contributed by atoms with van der Waals surface area (Å²) in [4.78, 5) is 0. The predicted molar refractivity (Wildman–Crippen MR) is 67.5 cm³/mol. The maximum absolute atomic E-state index is 5.72. The number of hydrogen-bond donors (Lipinski definition) is 1. The third kappa shape index (κ3) is 2.03. The monoisotopic (exact) mass is 231 g/mol. The van der Waals surface area contributed by atoms with Crippen LogP contribution in [0.5, 0.6) is 5.75 Å². The second-order valence-electron chi connectivity index (χ2n) is 3.97. The maximum Gasteiger partial charge on any atom is 0.121 e. The third-order valence-electron chi connectivity index (χ3n) is 2.94. The van der Waals surface area contributed by atoms with Gasteiger partial charge in [-0.05, 0) is 26.0 Å². The van der Waals surface area contributed by atoms with Crippen LogP contribution in [0.4, 0.5) is 0 Å². The van der Waals surface area contributed by atoms with Crippen molar-refractivity contribution in [3.8, 4) is 11.4 Å². The van der Waals surface area contributed by atoms with Crippen molar-refractivity contribution in [2.75, 3.05) is 7.11 Å². The van der Waals surface area contributed by atoms with Gasteiger partial charge in [-0.3, -0.25) is 0 Å². The van der Waals surface area contributed by atoms with Gasteiger partial charge in [-0.25, -0.2) is 4.68 Å². The van der Waals surface area contributed by atoms with Crippen LogP contribution in [-0.2, 0) is 6.54 Å². The van der Waals surface area contributed by atoms with E-state index in [1.807, 2.05) is 42.8 Å². The van der Waals surface area contributed by atoms with Gasteiger partial charge in [-0.15, -0.1) is 0 Å². The molecule has 4 heteroatoms. The minimum absolute atomic E-state index is 0.516. The first-order chi connectivity index (χ1) is 8.17. The van der Waals surface area contributed by atoms with Crippen molar-refractivity contribution >= 4 is 0 Å². The summed E-state index contributed by atoms with van der Waals surface area (Å²) in [5, 5.41) is 4.51. The molecule has 0 aliphatic heterocycles. The van der Waals surface area contributed by atoms with Gasteiger partial charge in [0.2, 0.25) is 0 Å². The Balaban J connectivity index is 2.52. The van der Waals surface area contributed by atoms with Crippen LogP contribution in [0.1, 0.15) is 17.0 Å². The number of nitrogens with two attached hydrogens (primary N) is 1. The Hall–Kier alpha value is -1.81.